The van der Waals surface area contributed by atoms with E-state index in [0.29, 0.717) is 45.1 Å². The highest BCUT2D eigenvalue weighted by Crippen LogP contribution is 2.21. The highest BCUT2D eigenvalue weighted by atomic mass is 32.1. The fourth-order valence-corrected chi connectivity index (χ4v) is 7.49. The first-order chi connectivity index (χ1) is 24.1. The van der Waals surface area contributed by atoms with E-state index in [1.54, 1.807) is 29.7 Å². The SMILES string of the molecule is CC(C)c1nc(CN(C)C(=O)N[C@H](C(=O)N[C@@H](Cc2ccccc2)[C@@H](O)CN2CCN(Cc3cncs3)C[C@H]2C(=O)NC(C)(C)C)C(C)C)cs1. The molecule has 280 valence electrons. The van der Waals surface area contributed by atoms with Gasteiger partial charge in [0, 0.05) is 67.7 Å². The van der Waals surface area contributed by atoms with E-state index in [-0.39, 0.29) is 30.3 Å². The van der Waals surface area contributed by atoms with Gasteiger partial charge in [0.2, 0.25) is 11.8 Å². The van der Waals surface area contributed by atoms with Crippen molar-refractivity contribution in [3.63, 3.8) is 0 Å². The maximum atomic E-state index is 13.9. The molecule has 1 aliphatic rings. The number of thiazole rings is 2. The maximum Gasteiger partial charge on any atom is 0.318 e. The number of rotatable bonds is 15. The Morgan fingerprint density at radius 2 is 1.78 bits per heavy atom. The molecule has 0 radical (unpaired) electrons. The van der Waals surface area contributed by atoms with Gasteiger partial charge in [-0.25, -0.2) is 9.78 Å². The largest absolute Gasteiger partial charge is 0.390 e. The van der Waals surface area contributed by atoms with Gasteiger partial charge in [-0.15, -0.1) is 22.7 Å². The number of piperazine rings is 1. The fraction of sp³-hybridized carbons (Fsp3) is 0.595. The van der Waals surface area contributed by atoms with Crippen molar-refractivity contribution in [1.29, 1.82) is 0 Å². The standard InChI is InChI=1S/C37H56N8O4S2/c1-24(2)32(41-36(49)43(8)18-27-22-50-35(39-27)25(3)4)34(48)40-29(16-26-12-10-9-11-13-26)31(46)21-45-15-14-44(19-28-17-38-23-51-28)20-30(45)33(47)42-37(5,6)7/h9-13,17,22-25,29-32,46H,14-16,18-21H2,1-8H3,(H,40,48)(H,41,49)(H,42,47)/t29-,30-,31-,32-/m0/s1. The van der Waals surface area contributed by atoms with Crippen molar-refractivity contribution < 1.29 is 19.5 Å². The molecule has 4 rings (SSSR count). The third-order valence-electron chi connectivity index (χ3n) is 8.79. The number of urea groups is 1. The molecular weight excluding hydrogens is 685 g/mol. The van der Waals surface area contributed by atoms with Crippen LogP contribution >= 0.6 is 22.7 Å². The first-order valence-electron chi connectivity index (χ1n) is 17.7. The summed E-state index contributed by atoms with van der Waals surface area (Å²) in [6.45, 7) is 16.8. The second-order valence-corrected chi connectivity index (χ2v) is 17.0. The summed E-state index contributed by atoms with van der Waals surface area (Å²) in [6, 6.07) is 7.30. The minimum Gasteiger partial charge on any atom is -0.390 e. The van der Waals surface area contributed by atoms with Gasteiger partial charge in [0.05, 0.1) is 34.9 Å². The fourth-order valence-electron chi connectivity index (χ4n) is 6.03. The van der Waals surface area contributed by atoms with Crippen LogP contribution in [0.1, 0.15) is 75.5 Å². The number of aromatic nitrogens is 2. The zero-order chi connectivity index (χ0) is 37.3. The predicted molar refractivity (Wildman–Crippen MR) is 204 cm³/mol. The Morgan fingerprint density at radius 3 is 2.39 bits per heavy atom. The first kappa shape index (κ1) is 40.3. The first-order valence-corrected chi connectivity index (χ1v) is 19.5. The lowest BCUT2D eigenvalue weighted by Crippen LogP contribution is -2.63. The molecule has 12 nitrogen and oxygen atoms in total. The molecule has 0 saturated carbocycles. The third-order valence-corrected chi connectivity index (χ3v) is 10.7. The number of nitrogens with zero attached hydrogens (tertiary/aromatic N) is 5. The molecule has 3 aromatic rings. The Labute approximate surface area is 311 Å². The zero-order valence-electron chi connectivity index (χ0n) is 31.3. The van der Waals surface area contributed by atoms with Crippen molar-refractivity contribution in [2.45, 2.75) is 104 Å². The average Bonchev–Trinajstić information content (AvgIpc) is 3.76. The minimum absolute atomic E-state index is 0.0999. The summed E-state index contributed by atoms with van der Waals surface area (Å²) in [5.41, 5.74) is 3.14. The van der Waals surface area contributed by atoms with Crippen molar-refractivity contribution in [1.82, 2.24) is 40.6 Å². The summed E-state index contributed by atoms with van der Waals surface area (Å²) in [4.78, 5) is 56.7. The number of nitrogens with one attached hydrogen (secondary N) is 3. The topological polar surface area (TPSA) is 143 Å². The van der Waals surface area contributed by atoms with Crippen molar-refractivity contribution in [2.75, 3.05) is 33.2 Å². The van der Waals surface area contributed by atoms with Crippen LogP contribution in [0.2, 0.25) is 0 Å². The van der Waals surface area contributed by atoms with Gasteiger partial charge in [-0.05, 0) is 38.7 Å². The lowest BCUT2D eigenvalue weighted by molar-refractivity contribution is -0.132. The molecule has 14 heteroatoms. The van der Waals surface area contributed by atoms with Gasteiger partial charge in [0.1, 0.15) is 12.1 Å². The van der Waals surface area contributed by atoms with E-state index >= 15 is 0 Å². The Kier molecular flexibility index (Phi) is 14.5. The normalized spacial score (nSPS) is 17.6. The van der Waals surface area contributed by atoms with Crippen LogP contribution < -0.4 is 16.0 Å². The molecule has 4 atom stereocenters. The number of hydrogen-bond donors (Lipinski definition) is 4. The van der Waals surface area contributed by atoms with E-state index in [0.717, 1.165) is 21.1 Å². The van der Waals surface area contributed by atoms with Crippen LogP contribution in [-0.2, 0) is 29.1 Å². The van der Waals surface area contributed by atoms with E-state index in [2.05, 4.69) is 44.7 Å². The summed E-state index contributed by atoms with van der Waals surface area (Å²) in [5.74, 6) is -0.391. The van der Waals surface area contributed by atoms with Crippen LogP contribution in [0.3, 0.4) is 0 Å². The van der Waals surface area contributed by atoms with E-state index in [4.69, 9.17) is 0 Å². The highest BCUT2D eigenvalue weighted by molar-refractivity contribution is 7.09. The molecule has 0 bridgehead atoms. The summed E-state index contributed by atoms with van der Waals surface area (Å²) in [5, 5.41) is 24.0. The quantitative estimate of drug-likeness (QED) is 0.183. The van der Waals surface area contributed by atoms with Crippen molar-refractivity contribution >= 4 is 40.5 Å². The summed E-state index contributed by atoms with van der Waals surface area (Å²) < 4.78 is 0. The van der Waals surface area contributed by atoms with E-state index in [1.165, 1.54) is 4.90 Å². The number of carbonyl (C=O) groups excluding carboxylic acids is 3. The van der Waals surface area contributed by atoms with Gasteiger partial charge in [0.25, 0.3) is 0 Å². The smallest absolute Gasteiger partial charge is 0.318 e. The number of β-amino-alcohol motifs (C(OH)–C–C–N with tert-alkyl or cyclic N) is 1. The predicted octanol–water partition coefficient (Wildman–Crippen LogP) is 4.08. The molecule has 3 heterocycles. The number of benzene rings is 1. The van der Waals surface area contributed by atoms with Crippen molar-refractivity contribution in [3.8, 4) is 0 Å². The molecule has 1 saturated heterocycles. The number of hydrogen-bond acceptors (Lipinski definition) is 10. The maximum absolute atomic E-state index is 13.9. The van der Waals surface area contributed by atoms with Crippen LogP contribution in [0.15, 0.2) is 47.4 Å². The van der Waals surface area contributed by atoms with Gasteiger partial charge in [-0.3, -0.25) is 24.4 Å². The van der Waals surface area contributed by atoms with Gasteiger partial charge in [-0.1, -0.05) is 58.0 Å². The number of aliphatic hydroxyl groups excluding tert-OH is 1. The second kappa shape index (κ2) is 18.4. The molecular formula is C37H56N8O4S2. The molecule has 0 aliphatic carbocycles. The van der Waals surface area contributed by atoms with E-state index in [1.807, 2.05) is 86.9 Å². The third kappa shape index (κ3) is 12.3. The van der Waals surface area contributed by atoms with Crippen LogP contribution in [0, 0.1) is 5.92 Å². The van der Waals surface area contributed by atoms with Crippen LogP contribution in [0.25, 0.3) is 0 Å². The lowest BCUT2D eigenvalue weighted by atomic mass is 9.97. The molecule has 1 aromatic carbocycles. The highest BCUT2D eigenvalue weighted by Gasteiger charge is 2.37. The Balaban J connectivity index is 1.48. The van der Waals surface area contributed by atoms with Crippen LogP contribution in [0.5, 0.6) is 0 Å². The number of amides is 4. The lowest BCUT2D eigenvalue weighted by Gasteiger charge is -2.43. The molecule has 4 amide bonds. The molecule has 2 aromatic heterocycles. The van der Waals surface area contributed by atoms with Crippen LogP contribution in [0.4, 0.5) is 4.79 Å². The monoisotopic (exact) mass is 740 g/mol. The van der Waals surface area contributed by atoms with E-state index < -0.39 is 29.8 Å². The number of aliphatic hydroxyl groups is 1. The minimum atomic E-state index is -1.00. The Hall–Kier alpha value is -3.43. The van der Waals surface area contributed by atoms with E-state index in [9.17, 15) is 19.5 Å². The van der Waals surface area contributed by atoms with Gasteiger partial charge in [0.15, 0.2) is 0 Å². The Bertz CT molecular complexity index is 1540. The van der Waals surface area contributed by atoms with Crippen molar-refractivity contribution in [3.05, 3.63) is 68.6 Å². The summed E-state index contributed by atoms with van der Waals surface area (Å²) in [7, 11) is 1.68. The molecule has 0 spiro atoms. The van der Waals surface area contributed by atoms with Gasteiger partial charge >= 0.3 is 6.03 Å². The molecule has 1 fully saturated rings. The molecule has 1 aliphatic heterocycles. The van der Waals surface area contributed by atoms with Crippen LogP contribution in [-0.4, -0.2) is 111 Å². The van der Waals surface area contributed by atoms with Gasteiger partial charge < -0.3 is 26.0 Å². The molecule has 4 N–H and O–H groups in total. The Morgan fingerprint density at radius 1 is 1.06 bits per heavy atom. The number of carbonyl (C=O) groups is 3. The average molecular weight is 741 g/mol. The summed E-state index contributed by atoms with van der Waals surface area (Å²) >= 11 is 3.17. The van der Waals surface area contributed by atoms with Crippen molar-refractivity contribution in [2.24, 2.45) is 5.92 Å². The molecule has 51 heavy (non-hydrogen) atoms. The van der Waals surface area contributed by atoms with Gasteiger partial charge in [-0.2, -0.15) is 0 Å². The summed E-state index contributed by atoms with van der Waals surface area (Å²) in [6.07, 6.45) is 1.23. The molecule has 0 unspecified atom stereocenters. The zero-order valence-corrected chi connectivity index (χ0v) is 32.9. The second-order valence-electron chi connectivity index (χ2n) is 15.2.